The van der Waals surface area contributed by atoms with Crippen molar-refractivity contribution in [2.45, 2.75) is 71.1 Å². The van der Waals surface area contributed by atoms with Gasteiger partial charge in [0.05, 0.1) is 6.61 Å². The van der Waals surface area contributed by atoms with E-state index in [-0.39, 0.29) is 17.7 Å². The van der Waals surface area contributed by atoms with Gasteiger partial charge in [0.25, 0.3) is 0 Å². The molecule has 2 atom stereocenters. The Balaban J connectivity index is 2.76. The molecule has 21 heavy (non-hydrogen) atoms. The van der Waals surface area contributed by atoms with Gasteiger partial charge in [-0.3, -0.25) is 9.59 Å². The molecule has 1 fully saturated rings. The zero-order chi connectivity index (χ0) is 15.5. The van der Waals surface area contributed by atoms with E-state index >= 15 is 0 Å². The van der Waals surface area contributed by atoms with Crippen molar-refractivity contribution < 1.29 is 14.3 Å². The SMILES string of the molecule is CCOC(=O)C1CCCCCCCCCC(CCBr)C1=O. The van der Waals surface area contributed by atoms with Crippen molar-refractivity contribution in [2.75, 3.05) is 11.9 Å². The molecule has 1 aliphatic rings. The summed E-state index contributed by atoms with van der Waals surface area (Å²) in [5.41, 5.74) is 0. The van der Waals surface area contributed by atoms with Gasteiger partial charge in [0.2, 0.25) is 0 Å². The lowest BCUT2D eigenvalue weighted by atomic mass is 9.83. The van der Waals surface area contributed by atoms with E-state index in [1.807, 2.05) is 0 Å². The summed E-state index contributed by atoms with van der Waals surface area (Å²) in [6, 6.07) is 0. The van der Waals surface area contributed by atoms with Gasteiger partial charge >= 0.3 is 5.97 Å². The summed E-state index contributed by atoms with van der Waals surface area (Å²) >= 11 is 3.44. The Morgan fingerprint density at radius 2 is 1.67 bits per heavy atom. The zero-order valence-electron chi connectivity index (χ0n) is 13.2. The molecule has 1 saturated carbocycles. The van der Waals surface area contributed by atoms with Crippen molar-refractivity contribution >= 4 is 27.7 Å². The molecular formula is C17H29BrO3. The molecule has 0 aromatic carbocycles. The van der Waals surface area contributed by atoms with Crippen LogP contribution in [0.25, 0.3) is 0 Å². The smallest absolute Gasteiger partial charge is 0.316 e. The van der Waals surface area contributed by atoms with Crippen LogP contribution in [0.2, 0.25) is 0 Å². The van der Waals surface area contributed by atoms with Crippen LogP contribution in [0.5, 0.6) is 0 Å². The molecule has 2 unspecified atom stereocenters. The van der Waals surface area contributed by atoms with Crippen molar-refractivity contribution in [3.8, 4) is 0 Å². The standard InChI is InChI=1S/C17H29BrO3/c1-2-21-17(20)15-11-9-7-5-3-4-6-8-10-14(12-13-18)16(15)19/h14-15H,2-13H2,1H3. The summed E-state index contributed by atoms with van der Waals surface area (Å²) in [6.07, 6.45) is 10.6. The number of carbonyl (C=O) groups excluding carboxylic acids is 2. The van der Waals surface area contributed by atoms with E-state index < -0.39 is 5.92 Å². The molecule has 0 spiro atoms. The van der Waals surface area contributed by atoms with E-state index in [1.165, 1.54) is 25.7 Å². The van der Waals surface area contributed by atoms with Crippen LogP contribution in [0.15, 0.2) is 0 Å². The predicted molar refractivity (Wildman–Crippen MR) is 88.6 cm³/mol. The van der Waals surface area contributed by atoms with Gasteiger partial charge in [-0.1, -0.05) is 60.9 Å². The summed E-state index contributed by atoms with van der Waals surface area (Å²) in [4.78, 5) is 24.9. The van der Waals surface area contributed by atoms with Crippen molar-refractivity contribution in [3.63, 3.8) is 0 Å². The van der Waals surface area contributed by atoms with Crippen LogP contribution < -0.4 is 0 Å². The summed E-state index contributed by atoms with van der Waals surface area (Å²) in [6.45, 7) is 2.15. The van der Waals surface area contributed by atoms with Gasteiger partial charge in [-0.2, -0.15) is 0 Å². The number of Topliss-reactive ketones (excluding diaryl/α,β-unsaturated/α-hetero) is 1. The molecule has 0 aliphatic heterocycles. The number of ether oxygens (including phenoxy) is 1. The Morgan fingerprint density at radius 3 is 2.24 bits per heavy atom. The minimum Gasteiger partial charge on any atom is -0.465 e. The fraction of sp³-hybridized carbons (Fsp3) is 0.882. The minimum atomic E-state index is -0.534. The molecule has 0 aromatic rings. The molecule has 0 N–H and O–H groups in total. The molecule has 0 radical (unpaired) electrons. The molecule has 1 rings (SSSR count). The third kappa shape index (κ3) is 6.94. The number of halogens is 1. The molecule has 0 bridgehead atoms. The summed E-state index contributed by atoms with van der Waals surface area (Å²) < 4.78 is 5.13. The van der Waals surface area contributed by atoms with Crippen LogP contribution in [0.3, 0.4) is 0 Å². The lowest BCUT2D eigenvalue weighted by Crippen LogP contribution is -2.32. The Kier molecular flexibility index (Phi) is 9.98. The Morgan fingerprint density at radius 1 is 1.10 bits per heavy atom. The lowest BCUT2D eigenvalue weighted by molar-refractivity contribution is -0.153. The van der Waals surface area contributed by atoms with Crippen molar-refractivity contribution in [2.24, 2.45) is 11.8 Å². The molecule has 0 heterocycles. The van der Waals surface area contributed by atoms with Crippen molar-refractivity contribution in [1.29, 1.82) is 0 Å². The quantitative estimate of drug-likeness (QED) is 0.416. The van der Waals surface area contributed by atoms with E-state index in [2.05, 4.69) is 15.9 Å². The average Bonchev–Trinajstić information content (AvgIpc) is 2.46. The molecule has 3 nitrogen and oxygen atoms in total. The fourth-order valence-corrected chi connectivity index (χ4v) is 3.64. The molecule has 0 amide bonds. The van der Waals surface area contributed by atoms with Crippen LogP contribution in [-0.2, 0) is 14.3 Å². The van der Waals surface area contributed by atoms with Crippen molar-refractivity contribution in [3.05, 3.63) is 0 Å². The number of hydrogen-bond acceptors (Lipinski definition) is 3. The molecule has 4 heteroatoms. The summed E-state index contributed by atoms with van der Waals surface area (Å²) in [5.74, 6) is -0.709. The third-order valence-corrected chi connectivity index (χ3v) is 4.78. The number of carbonyl (C=O) groups is 2. The van der Waals surface area contributed by atoms with E-state index in [0.29, 0.717) is 13.0 Å². The van der Waals surface area contributed by atoms with E-state index in [0.717, 1.165) is 37.4 Å². The number of hydrogen-bond donors (Lipinski definition) is 0. The van der Waals surface area contributed by atoms with Crippen LogP contribution >= 0.6 is 15.9 Å². The number of alkyl halides is 1. The second-order valence-corrected chi connectivity index (χ2v) is 6.73. The highest BCUT2D eigenvalue weighted by molar-refractivity contribution is 9.09. The molecule has 122 valence electrons. The Hall–Kier alpha value is -0.380. The summed E-state index contributed by atoms with van der Waals surface area (Å²) in [7, 11) is 0. The van der Waals surface area contributed by atoms with Gasteiger partial charge in [0, 0.05) is 11.2 Å². The van der Waals surface area contributed by atoms with Gasteiger partial charge in [-0.15, -0.1) is 0 Å². The highest BCUT2D eigenvalue weighted by atomic mass is 79.9. The molecule has 0 saturated heterocycles. The molecule has 1 aliphatic carbocycles. The second-order valence-electron chi connectivity index (χ2n) is 5.93. The van der Waals surface area contributed by atoms with Crippen LogP contribution in [-0.4, -0.2) is 23.7 Å². The number of ketones is 1. The van der Waals surface area contributed by atoms with Crippen LogP contribution in [0.1, 0.15) is 71.1 Å². The van der Waals surface area contributed by atoms with Gasteiger partial charge in [-0.25, -0.2) is 0 Å². The zero-order valence-corrected chi connectivity index (χ0v) is 14.8. The molecule has 0 aromatic heterocycles. The number of esters is 1. The molecular weight excluding hydrogens is 332 g/mol. The normalized spacial score (nSPS) is 25.7. The van der Waals surface area contributed by atoms with Crippen molar-refractivity contribution in [1.82, 2.24) is 0 Å². The monoisotopic (exact) mass is 360 g/mol. The lowest BCUT2D eigenvalue weighted by Gasteiger charge is -2.21. The first-order valence-electron chi connectivity index (χ1n) is 8.47. The first-order valence-corrected chi connectivity index (χ1v) is 9.59. The highest BCUT2D eigenvalue weighted by Crippen LogP contribution is 2.25. The maximum absolute atomic E-state index is 12.7. The van der Waals surface area contributed by atoms with E-state index in [1.54, 1.807) is 6.92 Å². The van der Waals surface area contributed by atoms with E-state index in [4.69, 9.17) is 4.74 Å². The number of rotatable bonds is 4. The van der Waals surface area contributed by atoms with Gasteiger partial charge < -0.3 is 4.74 Å². The minimum absolute atomic E-state index is 0.0122. The summed E-state index contributed by atoms with van der Waals surface area (Å²) in [5, 5.41) is 0.818. The van der Waals surface area contributed by atoms with Gasteiger partial charge in [-0.05, 0) is 26.2 Å². The fourth-order valence-electron chi connectivity index (χ4n) is 3.09. The maximum atomic E-state index is 12.7. The van der Waals surface area contributed by atoms with Crippen LogP contribution in [0, 0.1) is 11.8 Å². The first-order chi connectivity index (χ1) is 10.2. The first kappa shape index (κ1) is 18.7. The third-order valence-electron chi connectivity index (χ3n) is 4.32. The second kappa shape index (κ2) is 11.2. The average molecular weight is 361 g/mol. The largest absolute Gasteiger partial charge is 0.465 e. The predicted octanol–water partition coefficient (Wildman–Crippen LogP) is 4.66. The highest BCUT2D eigenvalue weighted by Gasteiger charge is 2.32. The van der Waals surface area contributed by atoms with Gasteiger partial charge in [0.1, 0.15) is 11.7 Å². The Bertz CT molecular complexity index is 317. The van der Waals surface area contributed by atoms with Gasteiger partial charge in [0.15, 0.2) is 0 Å². The maximum Gasteiger partial charge on any atom is 0.316 e. The Labute approximate surface area is 137 Å². The topological polar surface area (TPSA) is 43.4 Å². The van der Waals surface area contributed by atoms with Crippen LogP contribution in [0.4, 0.5) is 0 Å². The van der Waals surface area contributed by atoms with E-state index in [9.17, 15) is 9.59 Å².